The molecule has 0 heterocycles. The first-order valence-electron chi connectivity index (χ1n) is 6.80. The largest absolute Gasteiger partial charge is 0.497 e. The van der Waals surface area contributed by atoms with E-state index < -0.39 is 0 Å². The van der Waals surface area contributed by atoms with Crippen LogP contribution in [0.4, 0.5) is 0 Å². The second-order valence-electron chi connectivity index (χ2n) is 4.65. The highest BCUT2D eigenvalue weighted by Gasteiger charge is 2.05. The number of benzene rings is 1. The van der Waals surface area contributed by atoms with Crippen LogP contribution in [-0.2, 0) is 11.3 Å². The summed E-state index contributed by atoms with van der Waals surface area (Å²) in [6, 6.07) is 5.84. The molecule has 0 aliphatic heterocycles. The van der Waals surface area contributed by atoms with E-state index in [9.17, 15) is 0 Å². The fraction of sp³-hybridized carbons (Fsp3) is 0.600. The lowest BCUT2D eigenvalue weighted by molar-refractivity contribution is 0.161. The summed E-state index contributed by atoms with van der Waals surface area (Å²) in [5.74, 6) is 1.73. The zero-order valence-electron chi connectivity index (χ0n) is 12.9. The van der Waals surface area contributed by atoms with Gasteiger partial charge in [-0.25, -0.2) is 0 Å². The molecule has 0 atom stereocenters. The van der Waals surface area contributed by atoms with Crippen molar-refractivity contribution >= 4 is 0 Å². The summed E-state index contributed by atoms with van der Waals surface area (Å²) in [7, 11) is 7.17. The minimum absolute atomic E-state index is 0.762. The number of hydrogen-bond acceptors (Lipinski definition) is 5. The number of ether oxygens (including phenoxy) is 3. The molecule has 0 saturated carbocycles. The van der Waals surface area contributed by atoms with Gasteiger partial charge in [0.2, 0.25) is 0 Å². The Bertz CT molecular complexity index is 385. The molecule has 0 aromatic heterocycles. The van der Waals surface area contributed by atoms with Gasteiger partial charge in [-0.15, -0.1) is 0 Å². The van der Waals surface area contributed by atoms with Crippen molar-refractivity contribution < 1.29 is 14.2 Å². The first kappa shape index (κ1) is 16.8. The zero-order chi connectivity index (χ0) is 14.8. The fourth-order valence-electron chi connectivity index (χ4n) is 1.87. The monoisotopic (exact) mass is 282 g/mol. The van der Waals surface area contributed by atoms with Gasteiger partial charge in [0.15, 0.2) is 0 Å². The van der Waals surface area contributed by atoms with Crippen LogP contribution in [-0.4, -0.2) is 59.5 Å². The molecule has 0 spiro atoms. The molecule has 20 heavy (non-hydrogen) atoms. The van der Waals surface area contributed by atoms with Gasteiger partial charge < -0.3 is 24.4 Å². The second-order valence-corrected chi connectivity index (χ2v) is 4.65. The van der Waals surface area contributed by atoms with Crippen LogP contribution in [0.3, 0.4) is 0 Å². The molecule has 5 heteroatoms. The molecule has 0 aliphatic carbocycles. The Labute approximate surface area is 121 Å². The molecule has 0 aliphatic rings. The molecule has 0 amide bonds. The Hall–Kier alpha value is -1.30. The third kappa shape index (κ3) is 5.77. The lowest BCUT2D eigenvalue weighted by atomic mass is 10.2. The van der Waals surface area contributed by atoms with Crippen LogP contribution in [0.25, 0.3) is 0 Å². The van der Waals surface area contributed by atoms with Crippen molar-refractivity contribution in [1.82, 2.24) is 10.2 Å². The maximum Gasteiger partial charge on any atom is 0.123 e. The minimum atomic E-state index is 0.762. The van der Waals surface area contributed by atoms with Crippen LogP contribution in [0.15, 0.2) is 18.2 Å². The van der Waals surface area contributed by atoms with Gasteiger partial charge in [-0.05, 0) is 25.2 Å². The van der Waals surface area contributed by atoms with Crippen LogP contribution in [0.1, 0.15) is 5.56 Å². The number of methoxy groups -OCH3 is 3. The molecular formula is C15H26N2O3. The van der Waals surface area contributed by atoms with Gasteiger partial charge in [-0.2, -0.15) is 0 Å². The van der Waals surface area contributed by atoms with Gasteiger partial charge >= 0.3 is 0 Å². The van der Waals surface area contributed by atoms with Crippen LogP contribution in [0.2, 0.25) is 0 Å². The average molecular weight is 282 g/mol. The number of rotatable bonds is 10. The fourth-order valence-corrected chi connectivity index (χ4v) is 1.87. The van der Waals surface area contributed by atoms with Crippen molar-refractivity contribution in [2.75, 3.05) is 54.6 Å². The first-order chi connectivity index (χ1) is 9.71. The van der Waals surface area contributed by atoms with E-state index in [0.717, 1.165) is 49.8 Å². The molecule has 0 radical (unpaired) electrons. The zero-order valence-corrected chi connectivity index (χ0v) is 12.9. The van der Waals surface area contributed by atoms with Gasteiger partial charge in [0.1, 0.15) is 11.5 Å². The smallest absolute Gasteiger partial charge is 0.123 e. The first-order valence-corrected chi connectivity index (χ1v) is 6.80. The standard InChI is InChI=1S/C15H26N2O3/c1-17(9-10-18-2)8-7-16-12-13-11-14(19-3)5-6-15(13)20-4/h5-6,11,16H,7-10,12H2,1-4H3. The Balaban J connectivity index is 2.37. The van der Waals surface area contributed by atoms with E-state index in [0.29, 0.717) is 0 Å². The topological polar surface area (TPSA) is 43.0 Å². The molecule has 114 valence electrons. The van der Waals surface area contributed by atoms with Crippen LogP contribution in [0, 0.1) is 0 Å². The average Bonchev–Trinajstić information content (AvgIpc) is 2.49. The molecular weight excluding hydrogens is 256 g/mol. The van der Waals surface area contributed by atoms with Crippen LogP contribution in [0.5, 0.6) is 11.5 Å². The Kier molecular flexibility index (Phi) is 8.02. The molecule has 0 bridgehead atoms. The quantitative estimate of drug-likeness (QED) is 0.657. The molecule has 1 N–H and O–H groups in total. The van der Waals surface area contributed by atoms with Gasteiger partial charge in [-0.1, -0.05) is 0 Å². The maximum atomic E-state index is 5.35. The predicted molar refractivity (Wildman–Crippen MR) is 80.6 cm³/mol. The molecule has 1 aromatic carbocycles. The summed E-state index contributed by atoms with van der Waals surface area (Å²) < 4.78 is 15.6. The lowest BCUT2D eigenvalue weighted by Crippen LogP contribution is -2.31. The highest BCUT2D eigenvalue weighted by Crippen LogP contribution is 2.23. The minimum Gasteiger partial charge on any atom is -0.497 e. The molecule has 0 unspecified atom stereocenters. The predicted octanol–water partition coefficient (Wildman–Crippen LogP) is 1.37. The molecule has 1 rings (SSSR count). The molecule has 0 fully saturated rings. The number of nitrogens with zero attached hydrogens (tertiary/aromatic N) is 1. The summed E-state index contributed by atoms with van der Waals surface area (Å²) in [5.41, 5.74) is 1.10. The van der Waals surface area contributed by atoms with Crippen molar-refractivity contribution in [3.63, 3.8) is 0 Å². The van der Waals surface area contributed by atoms with E-state index in [4.69, 9.17) is 14.2 Å². The van der Waals surface area contributed by atoms with Crippen molar-refractivity contribution in [3.05, 3.63) is 23.8 Å². The third-order valence-electron chi connectivity index (χ3n) is 3.15. The summed E-state index contributed by atoms with van der Waals surface area (Å²) in [6.07, 6.45) is 0. The van der Waals surface area contributed by atoms with E-state index >= 15 is 0 Å². The summed E-state index contributed by atoms with van der Waals surface area (Å²) in [5, 5.41) is 3.42. The summed E-state index contributed by atoms with van der Waals surface area (Å²) >= 11 is 0. The van der Waals surface area contributed by atoms with Crippen molar-refractivity contribution in [1.29, 1.82) is 0 Å². The highest BCUT2D eigenvalue weighted by molar-refractivity contribution is 5.40. The van der Waals surface area contributed by atoms with Crippen LogP contribution < -0.4 is 14.8 Å². The van der Waals surface area contributed by atoms with E-state index in [2.05, 4.69) is 17.3 Å². The number of nitrogens with one attached hydrogen (secondary N) is 1. The number of likely N-dealkylation sites (N-methyl/N-ethyl adjacent to an activating group) is 1. The Morgan fingerprint density at radius 2 is 1.90 bits per heavy atom. The number of hydrogen-bond donors (Lipinski definition) is 1. The van der Waals surface area contributed by atoms with E-state index in [1.54, 1.807) is 21.3 Å². The second kappa shape index (κ2) is 9.58. The van der Waals surface area contributed by atoms with Crippen molar-refractivity contribution in [2.45, 2.75) is 6.54 Å². The van der Waals surface area contributed by atoms with Gasteiger partial charge in [0, 0.05) is 38.9 Å². The summed E-state index contributed by atoms with van der Waals surface area (Å²) in [6.45, 7) is 4.37. The Morgan fingerprint density at radius 1 is 1.10 bits per heavy atom. The van der Waals surface area contributed by atoms with Gasteiger partial charge in [-0.3, -0.25) is 0 Å². The summed E-state index contributed by atoms with van der Waals surface area (Å²) in [4.78, 5) is 2.24. The van der Waals surface area contributed by atoms with Crippen LogP contribution >= 0.6 is 0 Å². The van der Waals surface area contributed by atoms with Crippen molar-refractivity contribution in [3.8, 4) is 11.5 Å². The third-order valence-corrected chi connectivity index (χ3v) is 3.15. The molecule has 1 aromatic rings. The normalized spacial score (nSPS) is 10.8. The van der Waals surface area contributed by atoms with Gasteiger partial charge in [0.25, 0.3) is 0 Å². The molecule has 5 nitrogen and oxygen atoms in total. The highest BCUT2D eigenvalue weighted by atomic mass is 16.5. The van der Waals surface area contributed by atoms with E-state index in [1.165, 1.54) is 0 Å². The maximum absolute atomic E-state index is 5.35. The van der Waals surface area contributed by atoms with Gasteiger partial charge in [0.05, 0.1) is 20.8 Å². The Morgan fingerprint density at radius 3 is 2.55 bits per heavy atom. The van der Waals surface area contributed by atoms with E-state index in [-0.39, 0.29) is 0 Å². The molecule has 0 saturated heterocycles. The SMILES string of the molecule is COCCN(C)CCNCc1cc(OC)ccc1OC. The van der Waals surface area contributed by atoms with Crippen molar-refractivity contribution in [2.24, 2.45) is 0 Å². The lowest BCUT2D eigenvalue weighted by Gasteiger charge is -2.17. The van der Waals surface area contributed by atoms with E-state index in [1.807, 2.05) is 18.2 Å².